The molecule has 1 aliphatic carbocycles. The van der Waals surface area contributed by atoms with Crippen LogP contribution in [0.15, 0.2) is 4.52 Å². The summed E-state index contributed by atoms with van der Waals surface area (Å²) in [6.45, 7) is 3.91. The van der Waals surface area contributed by atoms with Crippen molar-refractivity contribution in [2.24, 2.45) is 0 Å². The van der Waals surface area contributed by atoms with E-state index in [2.05, 4.69) is 15.5 Å². The zero-order chi connectivity index (χ0) is 14.8. The predicted octanol–water partition coefficient (Wildman–Crippen LogP) is 1.25. The Hall–Kier alpha value is -1.92. The van der Waals surface area contributed by atoms with Gasteiger partial charge in [0, 0.05) is 18.8 Å². The highest BCUT2D eigenvalue weighted by molar-refractivity contribution is 5.87. The summed E-state index contributed by atoms with van der Waals surface area (Å²) in [6, 6.07) is 0. The summed E-state index contributed by atoms with van der Waals surface area (Å²) >= 11 is 0. The third-order valence-electron chi connectivity index (χ3n) is 3.56. The summed E-state index contributed by atoms with van der Waals surface area (Å²) in [5.74, 6) is -0.0665. The molecule has 1 aromatic rings. The Morgan fingerprint density at radius 1 is 1.45 bits per heavy atom. The number of carboxylic acid groups (broad SMARTS) is 1. The lowest BCUT2D eigenvalue weighted by molar-refractivity contribution is -0.151. The van der Waals surface area contributed by atoms with Crippen molar-refractivity contribution in [1.29, 1.82) is 0 Å². The first-order valence-corrected chi connectivity index (χ1v) is 6.80. The maximum Gasteiger partial charge on any atom is 0.329 e. The molecule has 0 unspecified atom stereocenters. The van der Waals surface area contributed by atoms with Crippen molar-refractivity contribution in [3.8, 4) is 0 Å². The quantitative estimate of drug-likeness (QED) is 0.813. The Bertz CT molecular complexity index is 505. The van der Waals surface area contributed by atoms with Gasteiger partial charge < -0.3 is 14.9 Å². The monoisotopic (exact) mass is 281 g/mol. The van der Waals surface area contributed by atoms with E-state index in [1.54, 1.807) is 0 Å². The maximum atomic E-state index is 11.8. The first-order chi connectivity index (χ1) is 9.43. The van der Waals surface area contributed by atoms with Crippen LogP contribution in [0.5, 0.6) is 0 Å². The molecular formula is C13H19N3O4. The molecule has 0 atom stereocenters. The van der Waals surface area contributed by atoms with Gasteiger partial charge in [-0.05, 0) is 19.3 Å². The SMILES string of the molecule is CC(C)c1noc(CCC(=O)NC2(C(=O)O)CCC2)n1. The molecule has 7 nitrogen and oxygen atoms in total. The van der Waals surface area contributed by atoms with Gasteiger partial charge >= 0.3 is 5.97 Å². The fraction of sp³-hybridized carbons (Fsp3) is 0.692. The largest absolute Gasteiger partial charge is 0.480 e. The topological polar surface area (TPSA) is 105 Å². The number of hydrogen-bond acceptors (Lipinski definition) is 5. The minimum atomic E-state index is -1.06. The average Bonchev–Trinajstić information content (AvgIpc) is 2.79. The molecule has 0 saturated heterocycles. The second-order valence-electron chi connectivity index (χ2n) is 5.49. The van der Waals surface area contributed by atoms with Gasteiger partial charge in [0.2, 0.25) is 11.8 Å². The van der Waals surface area contributed by atoms with E-state index in [0.717, 1.165) is 6.42 Å². The minimum absolute atomic E-state index is 0.148. The van der Waals surface area contributed by atoms with Crippen LogP contribution in [-0.4, -0.2) is 32.7 Å². The van der Waals surface area contributed by atoms with E-state index in [1.807, 2.05) is 13.8 Å². The van der Waals surface area contributed by atoms with Gasteiger partial charge in [-0.15, -0.1) is 0 Å². The molecule has 1 aliphatic rings. The molecule has 0 radical (unpaired) electrons. The van der Waals surface area contributed by atoms with Crippen LogP contribution in [0.4, 0.5) is 0 Å². The van der Waals surface area contributed by atoms with Crippen molar-refractivity contribution in [1.82, 2.24) is 15.5 Å². The molecule has 1 saturated carbocycles. The van der Waals surface area contributed by atoms with Crippen molar-refractivity contribution in [3.63, 3.8) is 0 Å². The molecule has 20 heavy (non-hydrogen) atoms. The second-order valence-corrected chi connectivity index (χ2v) is 5.49. The number of amides is 1. The van der Waals surface area contributed by atoms with E-state index in [9.17, 15) is 9.59 Å². The number of carbonyl (C=O) groups is 2. The lowest BCUT2D eigenvalue weighted by Crippen LogP contribution is -2.59. The molecule has 2 rings (SSSR count). The van der Waals surface area contributed by atoms with Gasteiger partial charge in [0.1, 0.15) is 5.54 Å². The number of hydrogen-bond donors (Lipinski definition) is 2. The van der Waals surface area contributed by atoms with Gasteiger partial charge in [-0.2, -0.15) is 4.98 Å². The number of carbonyl (C=O) groups excluding carboxylic acids is 1. The number of aryl methyl sites for hydroxylation is 1. The summed E-state index contributed by atoms with van der Waals surface area (Å²) < 4.78 is 5.04. The molecule has 110 valence electrons. The molecule has 0 aliphatic heterocycles. The van der Waals surface area contributed by atoms with Crippen LogP contribution in [0.25, 0.3) is 0 Å². The number of rotatable bonds is 6. The molecule has 1 heterocycles. The molecule has 1 amide bonds. The molecule has 7 heteroatoms. The molecule has 1 fully saturated rings. The molecule has 2 N–H and O–H groups in total. The fourth-order valence-corrected chi connectivity index (χ4v) is 2.08. The maximum absolute atomic E-state index is 11.8. The number of carboxylic acids is 1. The highest BCUT2D eigenvalue weighted by Crippen LogP contribution is 2.32. The smallest absolute Gasteiger partial charge is 0.329 e. The van der Waals surface area contributed by atoms with Crippen LogP contribution in [0.2, 0.25) is 0 Å². The number of nitrogens with one attached hydrogen (secondary N) is 1. The zero-order valence-corrected chi connectivity index (χ0v) is 11.7. The van der Waals surface area contributed by atoms with Crippen molar-refractivity contribution in [3.05, 3.63) is 11.7 Å². The third kappa shape index (κ3) is 2.97. The highest BCUT2D eigenvalue weighted by Gasteiger charge is 2.45. The Kier molecular flexibility index (Phi) is 4.06. The van der Waals surface area contributed by atoms with Crippen molar-refractivity contribution in [2.75, 3.05) is 0 Å². The van der Waals surface area contributed by atoms with Crippen molar-refractivity contribution < 1.29 is 19.2 Å². The minimum Gasteiger partial charge on any atom is -0.480 e. The van der Waals surface area contributed by atoms with Gasteiger partial charge in [-0.3, -0.25) is 4.79 Å². The van der Waals surface area contributed by atoms with Crippen LogP contribution in [0.1, 0.15) is 57.2 Å². The first-order valence-electron chi connectivity index (χ1n) is 6.80. The van der Waals surface area contributed by atoms with Crippen LogP contribution >= 0.6 is 0 Å². The Balaban J connectivity index is 1.84. The summed E-state index contributed by atoms with van der Waals surface area (Å²) in [5, 5.41) is 15.5. The van der Waals surface area contributed by atoms with Gasteiger partial charge in [0.05, 0.1) is 0 Å². The van der Waals surface area contributed by atoms with Crippen molar-refractivity contribution in [2.45, 2.75) is 57.4 Å². The van der Waals surface area contributed by atoms with Crippen LogP contribution in [0, 0.1) is 0 Å². The number of aromatic nitrogens is 2. The number of nitrogens with zero attached hydrogens (tertiary/aromatic N) is 2. The third-order valence-corrected chi connectivity index (χ3v) is 3.56. The summed E-state index contributed by atoms with van der Waals surface area (Å²) in [7, 11) is 0. The van der Waals surface area contributed by atoms with E-state index >= 15 is 0 Å². The molecule has 1 aromatic heterocycles. The normalized spacial score (nSPS) is 16.8. The molecule has 0 spiro atoms. The van der Waals surface area contributed by atoms with Gasteiger partial charge in [0.25, 0.3) is 0 Å². The average molecular weight is 281 g/mol. The van der Waals surface area contributed by atoms with Crippen molar-refractivity contribution >= 4 is 11.9 Å². The van der Waals surface area contributed by atoms with E-state index in [4.69, 9.17) is 9.63 Å². The van der Waals surface area contributed by atoms with Gasteiger partial charge in [-0.25, -0.2) is 4.79 Å². The van der Waals surface area contributed by atoms with Crippen LogP contribution < -0.4 is 5.32 Å². The summed E-state index contributed by atoms with van der Waals surface area (Å²) in [6.07, 6.45) is 2.28. The van der Waals surface area contributed by atoms with Crippen LogP contribution in [-0.2, 0) is 16.0 Å². The van der Waals surface area contributed by atoms with E-state index in [1.165, 1.54) is 0 Å². The Morgan fingerprint density at radius 3 is 2.60 bits per heavy atom. The summed E-state index contributed by atoms with van der Waals surface area (Å²) in [5.41, 5.74) is -1.06. The van der Waals surface area contributed by atoms with E-state index in [0.29, 0.717) is 31.0 Å². The second kappa shape index (κ2) is 5.60. The lowest BCUT2D eigenvalue weighted by atomic mass is 9.76. The van der Waals surface area contributed by atoms with Crippen LogP contribution in [0.3, 0.4) is 0 Å². The Labute approximate surface area is 116 Å². The van der Waals surface area contributed by atoms with E-state index in [-0.39, 0.29) is 18.2 Å². The summed E-state index contributed by atoms with van der Waals surface area (Å²) in [4.78, 5) is 27.1. The highest BCUT2D eigenvalue weighted by atomic mass is 16.5. The number of aliphatic carboxylic acids is 1. The molecular weight excluding hydrogens is 262 g/mol. The fourth-order valence-electron chi connectivity index (χ4n) is 2.08. The first kappa shape index (κ1) is 14.5. The zero-order valence-electron chi connectivity index (χ0n) is 11.7. The van der Waals surface area contributed by atoms with Gasteiger partial charge in [-0.1, -0.05) is 19.0 Å². The lowest BCUT2D eigenvalue weighted by Gasteiger charge is -2.38. The Morgan fingerprint density at radius 2 is 2.15 bits per heavy atom. The molecule has 0 bridgehead atoms. The van der Waals surface area contributed by atoms with Gasteiger partial charge in [0.15, 0.2) is 5.82 Å². The predicted molar refractivity (Wildman–Crippen MR) is 69.1 cm³/mol. The molecule has 0 aromatic carbocycles. The standard InChI is InChI=1S/C13H19N3O4/c1-8(2)11-14-10(20-16-11)5-4-9(17)15-13(12(18)19)6-3-7-13/h8H,3-7H2,1-2H3,(H,15,17)(H,18,19). The van der Waals surface area contributed by atoms with E-state index < -0.39 is 11.5 Å².